The average Bonchev–Trinajstić information content (AvgIpc) is 2.88. The fourth-order valence-electron chi connectivity index (χ4n) is 1.76. The summed E-state index contributed by atoms with van der Waals surface area (Å²) in [6, 6.07) is 7.92. The van der Waals surface area contributed by atoms with Gasteiger partial charge in [0.1, 0.15) is 0 Å². The molecular weight excluding hydrogens is 278 g/mol. The predicted octanol–water partition coefficient (Wildman–Crippen LogP) is 3.54. The topological polar surface area (TPSA) is 28.2 Å². The van der Waals surface area contributed by atoms with Crippen LogP contribution in [0.4, 0.5) is 5.13 Å². The first-order valence-electron chi connectivity index (χ1n) is 6.30. The molecule has 0 fully saturated rings. The lowest BCUT2D eigenvalue weighted by atomic mass is 10.2. The van der Waals surface area contributed by atoms with E-state index < -0.39 is 0 Å². The monoisotopic (exact) mass is 295 g/mol. The standard InChI is InChI=1S/C14H18ClN3S/c1-3-16-8-12-10-19-14(17-12)18(2)9-11-6-4-5-7-13(11)15/h4-7,10,16H,3,8-9H2,1-2H3. The number of hydrogen-bond donors (Lipinski definition) is 1. The predicted molar refractivity (Wildman–Crippen MR) is 83.1 cm³/mol. The Kier molecular flexibility index (Phi) is 5.19. The van der Waals surface area contributed by atoms with Crippen LogP contribution in [0.25, 0.3) is 0 Å². The second-order valence-electron chi connectivity index (χ2n) is 4.35. The number of anilines is 1. The summed E-state index contributed by atoms with van der Waals surface area (Å²) in [4.78, 5) is 6.74. The highest BCUT2D eigenvalue weighted by atomic mass is 35.5. The molecule has 5 heteroatoms. The van der Waals surface area contributed by atoms with E-state index in [1.807, 2.05) is 31.3 Å². The Labute approximate surface area is 123 Å². The minimum Gasteiger partial charge on any atom is -0.347 e. The van der Waals surface area contributed by atoms with E-state index in [1.54, 1.807) is 11.3 Å². The van der Waals surface area contributed by atoms with Gasteiger partial charge >= 0.3 is 0 Å². The number of aromatic nitrogens is 1. The van der Waals surface area contributed by atoms with Crippen LogP contribution in [-0.4, -0.2) is 18.6 Å². The van der Waals surface area contributed by atoms with Crippen LogP contribution >= 0.6 is 22.9 Å². The molecule has 1 N–H and O–H groups in total. The van der Waals surface area contributed by atoms with Crippen LogP contribution in [0.3, 0.4) is 0 Å². The molecule has 1 heterocycles. The normalized spacial score (nSPS) is 10.7. The summed E-state index contributed by atoms with van der Waals surface area (Å²) in [5, 5.41) is 7.20. The molecule has 0 aliphatic rings. The third-order valence-electron chi connectivity index (χ3n) is 2.79. The fraction of sp³-hybridized carbons (Fsp3) is 0.357. The molecule has 0 saturated carbocycles. The molecule has 0 aliphatic carbocycles. The maximum absolute atomic E-state index is 6.18. The molecule has 1 aromatic carbocycles. The highest BCUT2D eigenvalue weighted by Crippen LogP contribution is 2.23. The van der Waals surface area contributed by atoms with E-state index in [0.29, 0.717) is 0 Å². The third-order valence-corrected chi connectivity index (χ3v) is 4.16. The first-order valence-corrected chi connectivity index (χ1v) is 7.56. The second-order valence-corrected chi connectivity index (χ2v) is 5.59. The Morgan fingerprint density at radius 3 is 2.89 bits per heavy atom. The van der Waals surface area contributed by atoms with Gasteiger partial charge in [-0.05, 0) is 18.2 Å². The Hall–Kier alpha value is -1.10. The summed E-state index contributed by atoms with van der Waals surface area (Å²) in [6.07, 6.45) is 0. The van der Waals surface area contributed by atoms with Gasteiger partial charge in [0.15, 0.2) is 5.13 Å². The van der Waals surface area contributed by atoms with Gasteiger partial charge in [-0.1, -0.05) is 36.7 Å². The highest BCUT2D eigenvalue weighted by Gasteiger charge is 2.09. The van der Waals surface area contributed by atoms with Gasteiger partial charge in [-0.2, -0.15) is 0 Å². The van der Waals surface area contributed by atoms with E-state index in [1.165, 1.54) is 0 Å². The number of nitrogens with zero attached hydrogens (tertiary/aromatic N) is 2. The average molecular weight is 296 g/mol. The maximum Gasteiger partial charge on any atom is 0.185 e. The quantitative estimate of drug-likeness (QED) is 0.883. The van der Waals surface area contributed by atoms with E-state index in [-0.39, 0.29) is 0 Å². The van der Waals surface area contributed by atoms with Crippen molar-refractivity contribution in [2.45, 2.75) is 20.0 Å². The van der Waals surface area contributed by atoms with Crippen molar-refractivity contribution in [3.05, 3.63) is 45.9 Å². The zero-order valence-corrected chi connectivity index (χ0v) is 12.8. The van der Waals surface area contributed by atoms with Crippen molar-refractivity contribution in [3.63, 3.8) is 0 Å². The van der Waals surface area contributed by atoms with Gasteiger partial charge in [0, 0.05) is 30.5 Å². The van der Waals surface area contributed by atoms with Crippen LogP contribution in [-0.2, 0) is 13.1 Å². The van der Waals surface area contributed by atoms with Gasteiger partial charge in [-0.3, -0.25) is 0 Å². The first kappa shape index (κ1) is 14.3. The molecule has 102 valence electrons. The Balaban J connectivity index is 2.01. The summed E-state index contributed by atoms with van der Waals surface area (Å²) < 4.78 is 0. The lowest BCUT2D eigenvalue weighted by Crippen LogP contribution is -2.17. The molecule has 0 spiro atoms. The molecule has 0 radical (unpaired) electrons. The first-order chi connectivity index (χ1) is 9.20. The summed E-state index contributed by atoms with van der Waals surface area (Å²) in [5.41, 5.74) is 2.21. The van der Waals surface area contributed by atoms with Crippen LogP contribution in [0.15, 0.2) is 29.6 Å². The Morgan fingerprint density at radius 2 is 2.16 bits per heavy atom. The highest BCUT2D eigenvalue weighted by molar-refractivity contribution is 7.13. The molecule has 2 aromatic rings. The Morgan fingerprint density at radius 1 is 1.37 bits per heavy atom. The molecule has 0 saturated heterocycles. The molecule has 1 aromatic heterocycles. The fourth-order valence-corrected chi connectivity index (χ4v) is 2.74. The number of thiazole rings is 1. The largest absolute Gasteiger partial charge is 0.347 e. The molecule has 0 bridgehead atoms. The van der Waals surface area contributed by atoms with Gasteiger partial charge in [0.25, 0.3) is 0 Å². The van der Waals surface area contributed by atoms with Gasteiger partial charge in [0.2, 0.25) is 0 Å². The summed E-state index contributed by atoms with van der Waals surface area (Å²) in [6.45, 7) is 4.65. The summed E-state index contributed by atoms with van der Waals surface area (Å²) in [5.74, 6) is 0. The van der Waals surface area contributed by atoms with Crippen molar-refractivity contribution in [3.8, 4) is 0 Å². The molecule has 0 amide bonds. The molecule has 19 heavy (non-hydrogen) atoms. The number of nitrogens with one attached hydrogen (secondary N) is 1. The van der Waals surface area contributed by atoms with E-state index >= 15 is 0 Å². The minimum atomic E-state index is 0.772. The van der Waals surface area contributed by atoms with Crippen LogP contribution in [0.1, 0.15) is 18.2 Å². The van der Waals surface area contributed by atoms with E-state index in [0.717, 1.165) is 41.0 Å². The van der Waals surface area contributed by atoms with Crippen LogP contribution < -0.4 is 10.2 Å². The lowest BCUT2D eigenvalue weighted by Gasteiger charge is -2.16. The van der Waals surface area contributed by atoms with E-state index in [9.17, 15) is 0 Å². The molecular formula is C14H18ClN3S. The number of halogens is 1. The summed E-state index contributed by atoms with van der Waals surface area (Å²) in [7, 11) is 2.04. The second kappa shape index (κ2) is 6.89. The van der Waals surface area contributed by atoms with Crippen molar-refractivity contribution < 1.29 is 0 Å². The minimum absolute atomic E-state index is 0.772. The number of hydrogen-bond acceptors (Lipinski definition) is 4. The zero-order valence-electron chi connectivity index (χ0n) is 11.2. The molecule has 0 unspecified atom stereocenters. The van der Waals surface area contributed by atoms with E-state index in [2.05, 4.69) is 27.5 Å². The molecule has 0 aliphatic heterocycles. The zero-order chi connectivity index (χ0) is 13.7. The van der Waals surface area contributed by atoms with Crippen molar-refractivity contribution in [1.29, 1.82) is 0 Å². The SMILES string of the molecule is CCNCc1csc(N(C)Cc2ccccc2Cl)n1. The molecule has 3 nitrogen and oxygen atoms in total. The molecule has 0 atom stereocenters. The maximum atomic E-state index is 6.18. The van der Waals surface area contributed by atoms with Crippen molar-refractivity contribution >= 4 is 28.1 Å². The van der Waals surface area contributed by atoms with Crippen LogP contribution in [0, 0.1) is 0 Å². The number of rotatable bonds is 6. The van der Waals surface area contributed by atoms with Crippen LogP contribution in [0.2, 0.25) is 5.02 Å². The van der Waals surface area contributed by atoms with Crippen LogP contribution in [0.5, 0.6) is 0 Å². The Bertz CT molecular complexity index is 527. The van der Waals surface area contributed by atoms with Gasteiger partial charge in [0.05, 0.1) is 5.69 Å². The van der Waals surface area contributed by atoms with Crippen molar-refractivity contribution in [2.75, 3.05) is 18.5 Å². The lowest BCUT2D eigenvalue weighted by molar-refractivity contribution is 0.713. The van der Waals surface area contributed by atoms with Gasteiger partial charge in [-0.25, -0.2) is 4.98 Å². The number of benzene rings is 1. The summed E-state index contributed by atoms with van der Waals surface area (Å²) >= 11 is 7.84. The van der Waals surface area contributed by atoms with E-state index in [4.69, 9.17) is 11.6 Å². The smallest absolute Gasteiger partial charge is 0.185 e. The van der Waals surface area contributed by atoms with Gasteiger partial charge < -0.3 is 10.2 Å². The molecule has 2 rings (SSSR count). The van der Waals surface area contributed by atoms with Gasteiger partial charge in [-0.15, -0.1) is 11.3 Å². The van der Waals surface area contributed by atoms with Crippen molar-refractivity contribution in [2.24, 2.45) is 0 Å². The van der Waals surface area contributed by atoms with Crippen molar-refractivity contribution in [1.82, 2.24) is 10.3 Å². The third kappa shape index (κ3) is 3.93.